The minimum Gasteiger partial charge on any atom is -0.392 e. The van der Waals surface area contributed by atoms with E-state index in [0.717, 1.165) is 32.7 Å². The average Bonchev–Trinajstić information content (AvgIpc) is 2.43. The monoisotopic (exact) mass is 321 g/mol. The summed E-state index contributed by atoms with van der Waals surface area (Å²) in [4.78, 5) is 15.1. The predicted molar refractivity (Wildman–Crippen MR) is 90.3 cm³/mol. The third-order valence-electron chi connectivity index (χ3n) is 4.39. The van der Waals surface area contributed by atoms with E-state index in [1.165, 1.54) is 0 Å². The second kappa shape index (κ2) is 6.09. The number of aliphatic hydroxyl groups is 1. The van der Waals surface area contributed by atoms with Crippen molar-refractivity contribution in [1.29, 1.82) is 0 Å². The molecule has 3 rings (SSSR count). The predicted octanol–water partition coefficient (Wildman–Crippen LogP) is -0.0717. The van der Waals surface area contributed by atoms with E-state index in [-0.39, 0.29) is 29.3 Å². The number of aliphatic hydroxyl groups excluding tert-OH is 1. The van der Waals surface area contributed by atoms with Crippen molar-refractivity contribution in [3.63, 3.8) is 0 Å². The normalized spacial score (nSPS) is 27.8. The number of anilines is 3. The van der Waals surface area contributed by atoms with Gasteiger partial charge in [-0.2, -0.15) is 15.0 Å². The molecular weight excluding hydrogens is 294 g/mol. The van der Waals surface area contributed by atoms with Crippen LogP contribution in [0.5, 0.6) is 0 Å². The number of nitrogens with zero attached hydrogens (tertiary/aromatic N) is 4. The highest BCUT2D eigenvalue weighted by atomic mass is 16.3. The Morgan fingerprint density at radius 2 is 1.87 bits per heavy atom. The summed E-state index contributed by atoms with van der Waals surface area (Å²) in [6.45, 7) is 10.3. The van der Waals surface area contributed by atoms with Gasteiger partial charge in [-0.15, -0.1) is 0 Å². The quantitative estimate of drug-likeness (QED) is 0.612. The molecule has 1 aromatic rings. The van der Waals surface area contributed by atoms with E-state index in [1.54, 1.807) is 0 Å². The van der Waals surface area contributed by atoms with Gasteiger partial charge in [0.2, 0.25) is 17.8 Å². The van der Waals surface area contributed by atoms with Gasteiger partial charge in [0.05, 0.1) is 6.10 Å². The Bertz CT molecular complexity index is 545. The topological polar surface area (TPSA) is 112 Å². The number of hydrogen-bond acceptors (Lipinski definition) is 8. The number of rotatable bonds is 3. The van der Waals surface area contributed by atoms with Gasteiger partial charge in [0.15, 0.2) is 0 Å². The zero-order valence-corrected chi connectivity index (χ0v) is 14.1. The molecule has 0 spiro atoms. The average molecular weight is 321 g/mol. The summed E-state index contributed by atoms with van der Waals surface area (Å²) in [5, 5.41) is 16.9. The molecular formula is C15H27N7O. The second-order valence-corrected chi connectivity index (χ2v) is 7.81. The molecule has 0 aliphatic carbocycles. The van der Waals surface area contributed by atoms with Crippen molar-refractivity contribution in [1.82, 2.24) is 20.3 Å². The minimum atomic E-state index is -0.245. The first-order valence-electron chi connectivity index (χ1n) is 8.21. The summed E-state index contributed by atoms with van der Waals surface area (Å²) >= 11 is 0. The number of nitrogens with two attached hydrogens (primary N) is 1. The molecule has 1 aromatic heterocycles. The Morgan fingerprint density at radius 3 is 2.48 bits per heavy atom. The number of nitrogen functional groups attached to an aromatic ring is 1. The maximum absolute atomic E-state index is 10.3. The van der Waals surface area contributed by atoms with Gasteiger partial charge in [0.1, 0.15) is 0 Å². The fourth-order valence-corrected chi connectivity index (χ4v) is 3.17. The summed E-state index contributed by atoms with van der Waals surface area (Å²) < 4.78 is 0. The lowest BCUT2D eigenvalue weighted by Gasteiger charge is -2.45. The number of piperidine rings is 2. The van der Waals surface area contributed by atoms with E-state index >= 15 is 0 Å². The van der Waals surface area contributed by atoms with Crippen LogP contribution in [-0.2, 0) is 0 Å². The Hall–Kier alpha value is -1.67. The van der Waals surface area contributed by atoms with E-state index in [4.69, 9.17) is 5.73 Å². The van der Waals surface area contributed by atoms with Crippen molar-refractivity contribution >= 4 is 17.8 Å². The molecule has 8 heteroatoms. The summed E-state index contributed by atoms with van der Waals surface area (Å²) in [6, 6.07) is 0. The van der Waals surface area contributed by atoms with Gasteiger partial charge in [-0.05, 0) is 5.41 Å². The zero-order valence-electron chi connectivity index (χ0n) is 14.1. The lowest BCUT2D eigenvalue weighted by Crippen LogP contribution is -2.59. The maximum Gasteiger partial charge on any atom is 0.231 e. The lowest BCUT2D eigenvalue weighted by atomic mass is 9.83. The summed E-state index contributed by atoms with van der Waals surface area (Å²) in [7, 11) is 0. The highest BCUT2D eigenvalue weighted by Crippen LogP contribution is 2.28. The van der Waals surface area contributed by atoms with Crippen LogP contribution in [0.1, 0.15) is 20.8 Å². The number of hydrogen-bond donors (Lipinski definition) is 4. The van der Waals surface area contributed by atoms with Crippen LogP contribution < -0.4 is 21.3 Å². The first kappa shape index (κ1) is 16.2. The lowest BCUT2D eigenvalue weighted by molar-refractivity contribution is 0.0158. The van der Waals surface area contributed by atoms with E-state index in [2.05, 4.69) is 51.3 Å². The van der Waals surface area contributed by atoms with Crippen LogP contribution in [0.15, 0.2) is 0 Å². The van der Waals surface area contributed by atoms with Gasteiger partial charge in [0, 0.05) is 44.6 Å². The van der Waals surface area contributed by atoms with Crippen LogP contribution >= 0.6 is 0 Å². The van der Waals surface area contributed by atoms with Crippen molar-refractivity contribution < 1.29 is 5.11 Å². The van der Waals surface area contributed by atoms with Crippen molar-refractivity contribution in [3.8, 4) is 0 Å². The Morgan fingerprint density at radius 1 is 1.22 bits per heavy atom. The Labute approximate surface area is 136 Å². The van der Waals surface area contributed by atoms with Gasteiger partial charge in [-0.3, -0.25) is 0 Å². The SMILES string of the molecule is CC(C)(C)CNc1nc(N)nc(N2CC3CNCC(C2)C3O)n1. The van der Waals surface area contributed by atoms with Crippen LogP contribution in [0, 0.1) is 17.3 Å². The van der Waals surface area contributed by atoms with Crippen molar-refractivity contribution in [2.75, 3.05) is 48.7 Å². The molecule has 2 bridgehead atoms. The largest absolute Gasteiger partial charge is 0.392 e. The van der Waals surface area contributed by atoms with Crippen molar-refractivity contribution in [2.24, 2.45) is 17.3 Å². The molecule has 0 aromatic carbocycles. The Balaban J connectivity index is 1.76. The first-order valence-corrected chi connectivity index (χ1v) is 8.21. The molecule has 3 heterocycles. The molecule has 2 aliphatic rings. The highest BCUT2D eigenvalue weighted by molar-refractivity contribution is 5.42. The van der Waals surface area contributed by atoms with E-state index < -0.39 is 0 Å². The van der Waals surface area contributed by atoms with Gasteiger partial charge in [0.25, 0.3) is 0 Å². The smallest absolute Gasteiger partial charge is 0.231 e. The Kier molecular flexibility index (Phi) is 4.29. The molecule has 23 heavy (non-hydrogen) atoms. The molecule has 2 aliphatic heterocycles. The van der Waals surface area contributed by atoms with Crippen LogP contribution in [0.4, 0.5) is 17.8 Å². The van der Waals surface area contributed by atoms with Crippen LogP contribution in [-0.4, -0.2) is 58.9 Å². The summed E-state index contributed by atoms with van der Waals surface area (Å²) in [6.07, 6.45) is -0.245. The van der Waals surface area contributed by atoms with Gasteiger partial charge in [-0.1, -0.05) is 20.8 Å². The van der Waals surface area contributed by atoms with Gasteiger partial charge >= 0.3 is 0 Å². The molecule has 0 amide bonds. The fraction of sp³-hybridized carbons (Fsp3) is 0.800. The second-order valence-electron chi connectivity index (χ2n) is 7.81. The molecule has 0 radical (unpaired) electrons. The van der Waals surface area contributed by atoms with E-state index in [9.17, 15) is 5.11 Å². The van der Waals surface area contributed by atoms with E-state index in [0.29, 0.717) is 11.9 Å². The third-order valence-corrected chi connectivity index (χ3v) is 4.39. The number of aromatic nitrogens is 3. The molecule has 2 unspecified atom stereocenters. The molecule has 2 fully saturated rings. The van der Waals surface area contributed by atoms with Crippen LogP contribution in [0.3, 0.4) is 0 Å². The molecule has 0 saturated carbocycles. The fourth-order valence-electron chi connectivity index (χ4n) is 3.17. The molecule has 5 N–H and O–H groups in total. The maximum atomic E-state index is 10.3. The molecule has 128 valence electrons. The van der Waals surface area contributed by atoms with Crippen molar-refractivity contribution in [3.05, 3.63) is 0 Å². The summed E-state index contributed by atoms with van der Waals surface area (Å²) in [5.41, 5.74) is 5.98. The van der Waals surface area contributed by atoms with Crippen LogP contribution in [0.2, 0.25) is 0 Å². The third kappa shape index (κ3) is 3.81. The minimum absolute atomic E-state index is 0.124. The molecule has 2 atom stereocenters. The van der Waals surface area contributed by atoms with Crippen LogP contribution in [0.25, 0.3) is 0 Å². The summed E-state index contributed by atoms with van der Waals surface area (Å²) in [5.74, 6) is 1.73. The first-order chi connectivity index (χ1) is 10.8. The van der Waals surface area contributed by atoms with E-state index in [1.807, 2.05) is 0 Å². The standard InChI is InChI=1S/C15H27N7O/c1-15(2,3)8-18-13-19-12(16)20-14(21-13)22-6-9-4-17-5-10(7-22)11(9)23/h9-11,17,23H,4-8H2,1-3H3,(H3,16,18,19,20,21). The highest BCUT2D eigenvalue weighted by Gasteiger charge is 2.39. The molecule has 8 nitrogen and oxygen atoms in total. The van der Waals surface area contributed by atoms with Crippen molar-refractivity contribution in [2.45, 2.75) is 26.9 Å². The van der Waals surface area contributed by atoms with Gasteiger partial charge in [-0.25, -0.2) is 0 Å². The number of nitrogens with one attached hydrogen (secondary N) is 2. The van der Waals surface area contributed by atoms with Gasteiger partial charge < -0.3 is 26.4 Å². The zero-order chi connectivity index (χ0) is 16.6. The number of fused-ring (bicyclic) bond motifs is 2. The molecule has 2 saturated heterocycles.